The maximum absolute atomic E-state index is 10.3. The molecule has 0 saturated heterocycles. The van der Waals surface area contributed by atoms with Crippen LogP contribution in [-0.4, -0.2) is 16.2 Å². The third-order valence-corrected chi connectivity index (χ3v) is 1.47. The third-order valence-electron chi connectivity index (χ3n) is 1.47. The van der Waals surface area contributed by atoms with Gasteiger partial charge in [0, 0.05) is 0 Å². The molecule has 1 aromatic carbocycles. The van der Waals surface area contributed by atoms with Crippen molar-refractivity contribution >= 4 is 5.97 Å². The molecule has 5 heteroatoms. The second kappa shape index (κ2) is 6.31. The summed E-state index contributed by atoms with van der Waals surface area (Å²) < 4.78 is 0. The fourth-order valence-corrected chi connectivity index (χ4v) is 0.654. The Morgan fingerprint density at radius 3 is 2.07 bits per heavy atom. The number of aromatic carboxylic acids is 1. The molecule has 0 aliphatic carbocycles. The molecule has 0 aliphatic heterocycles. The van der Waals surface area contributed by atoms with Gasteiger partial charge in [-0.05, 0) is 25.1 Å². The SMILES string of the molecule is CC=C(N)N.O=C(O)c1ccccc1O. The quantitative estimate of drug-likeness (QED) is 0.549. The summed E-state index contributed by atoms with van der Waals surface area (Å²) in [5, 5.41) is 17.3. The van der Waals surface area contributed by atoms with Gasteiger partial charge in [0.1, 0.15) is 11.3 Å². The molecule has 6 N–H and O–H groups in total. The number of para-hydroxylation sites is 1. The number of rotatable bonds is 1. The first-order valence-electron chi connectivity index (χ1n) is 4.17. The highest BCUT2D eigenvalue weighted by molar-refractivity contribution is 5.90. The van der Waals surface area contributed by atoms with Gasteiger partial charge >= 0.3 is 5.97 Å². The summed E-state index contributed by atoms with van der Waals surface area (Å²) in [5.74, 6) is -0.932. The summed E-state index contributed by atoms with van der Waals surface area (Å²) in [6.45, 7) is 1.79. The number of benzene rings is 1. The highest BCUT2D eigenvalue weighted by Crippen LogP contribution is 2.14. The zero-order valence-electron chi connectivity index (χ0n) is 8.34. The van der Waals surface area contributed by atoms with Crippen molar-refractivity contribution in [3.63, 3.8) is 0 Å². The van der Waals surface area contributed by atoms with Gasteiger partial charge in [-0.3, -0.25) is 0 Å². The van der Waals surface area contributed by atoms with Crippen LogP contribution in [0.15, 0.2) is 36.2 Å². The Balaban J connectivity index is 0.000000336. The molecule has 0 saturated carbocycles. The Bertz CT molecular complexity index is 357. The van der Waals surface area contributed by atoms with Crippen molar-refractivity contribution < 1.29 is 15.0 Å². The molecule has 5 nitrogen and oxygen atoms in total. The van der Waals surface area contributed by atoms with Crippen LogP contribution in [-0.2, 0) is 0 Å². The highest BCUT2D eigenvalue weighted by Gasteiger charge is 2.05. The molecule has 0 fully saturated rings. The summed E-state index contributed by atoms with van der Waals surface area (Å²) in [7, 11) is 0. The van der Waals surface area contributed by atoms with Gasteiger partial charge in [0.15, 0.2) is 0 Å². The van der Waals surface area contributed by atoms with E-state index in [2.05, 4.69) is 0 Å². The van der Waals surface area contributed by atoms with Gasteiger partial charge in [-0.2, -0.15) is 0 Å². The molecule has 0 bridgehead atoms. The van der Waals surface area contributed by atoms with E-state index >= 15 is 0 Å². The van der Waals surface area contributed by atoms with Crippen LogP contribution < -0.4 is 11.5 Å². The van der Waals surface area contributed by atoms with E-state index in [9.17, 15) is 4.79 Å². The molecule has 15 heavy (non-hydrogen) atoms. The van der Waals surface area contributed by atoms with Crippen molar-refractivity contribution in [2.45, 2.75) is 6.92 Å². The van der Waals surface area contributed by atoms with E-state index in [0.717, 1.165) is 0 Å². The Morgan fingerprint density at radius 1 is 1.33 bits per heavy atom. The van der Waals surface area contributed by atoms with E-state index in [1.165, 1.54) is 12.1 Å². The minimum Gasteiger partial charge on any atom is -0.507 e. The van der Waals surface area contributed by atoms with E-state index in [1.54, 1.807) is 25.1 Å². The molecule has 0 atom stereocenters. The van der Waals surface area contributed by atoms with Crippen LogP contribution in [0.1, 0.15) is 17.3 Å². The van der Waals surface area contributed by atoms with Crippen LogP contribution in [0.5, 0.6) is 5.75 Å². The van der Waals surface area contributed by atoms with Crippen molar-refractivity contribution in [2.24, 2.45) is 11.5 Å². The minimum atomic E-state index is -1.11. The second-order valence-corrected chi connectivity index (χ2v) is 2.61. The number of phenols is 1. The molecule has 0 aromatic heterocycles. The predicted octanol–water partition coefficient (Wildman–Crippen LogP) is 0.855. The van der Waals surface area contributed by atoms with Gasteiger partial charge in [0.25, 0.3) is 0 Å². The average Bonchev–Trinajstić information content (AvgIpc) is 2.19. The standard InChI is InChI=1S/C7H6O3.C3H8N2/c8-6-4-2-1-3-5(6)7(9)10;1-2-3(4)5/h1-4,8H,(H,9,10);2H,4-5H2,1H3. The first-order valence-corrected chi connectivity index (χ1v) is 4.17. The molecule has 0 aliphatic rings. The Morgan fingerprint density at radius 2 is 1.80 bits per heavy atom. The zero-order valence-corrected chi connectivity index (χ0v) is 8.34. The van der Waals surface area contributed by atoms with Crippen LogP contribution in [0, 0.1) is 0 Å². The van der Waals surface area contributed by atoms with Crippen LogP contribution in [0.2, 0.25) is 0 Å². The van der Waals surface area contributed by atoms with Gasteiger partial charge in [-0.25, -0.2) is 4.79 Å². The first-order chi connectivity index (χ1) is 6.99. The zero-order chi connectivity index (χ0) is 11.8. The molecule has 0 spiro atoms. The lowest BCUT2D eigenvalue weighted by atomic mass is 10.2. The van der Waals surface area contributed by atoms with Crippen molar-refractivity contribution in [2.75, 3.05) is 0 Å². The predicted molar refractivity (Wildman–Crippen MR) is 57.2 cm³/mol. The number of carbonyl (C=O) groups is 1. The fraction of sp³-hybridized carbons (Fsp3) is 0.100. The lowest BCUT2D eigenvalue weighted by molar-refractivity contribution is 0.0694. The summed E-state index contributed by atoms with van der Waals surface area (Å²) in [5.41, 5.74) is 9.79. The molecule has 82 valence electrons. The first kappa shape index (κ1) is 12.8. The maximum atomic E-state index is 10.3. The smallest absolute Gasteiger partial charge is 0.339 e. The van der Waals surface area contributed by atoms with Gasteiger partial charge in [-0.1, -0.05) is 12.1 Å². The van der Waals surface area contributed by atoms with E-state index in [4.69, 9.17) is 21.7 Å². The molecular weight excluding hydrogens is 196 g/mol. The molecule has 1 rings (SSSR count). The summed E-state index contributed by atoms with van der Waals surface area (Å²) >= 11 is 0. The summed E-state index contributed by atoms with van der Waals surface area (Å²) in [4.78, 5) is 10.3. The molecular formula is C10H14N2O3. The van der Waals surface area contributed by atoms with Crippen LogP contribution in [0.25, 0.3) is 0 Å². The number of hydrogen-bond acceptors (Lipinski definition) is 4. The Kier molecular flexibility index (Phi) is 5.40. The summed E-state index contributed by atoms with van der Waals surface area (Å²) in [6, 6.07) is 5.81. The fourth-order valence-electron chi connectivity index (χ4n) is 0.654. The normalized spacial score (nSPS) is 8.33. The Labute approximate surface area is 87.6 Å². The lowest BCUT2D eigenvalue weighted by Gasteiger charge is -1.95. The molecule has 1 aromatic rings. The number of carboxylic acids is 1. The number of hydrogen-bond donors (Lipinski definition) is 4. The molecule has 0 unspecified atom stereocenters. The molecule has 0 radical (unpaired) electrons. The second-order valence-electron chi connectivity index (χ2n) is 2.61. The van der Waals surface area contributed by atoms with Gasteiger partial charge in [0.05, 0.1) is 5.82 Å². The third kappa shape index (κ3) is 5.20. The number of aromatic hydroxyl groups is 1. The summed E-state index contributed by atoms with van der Waals surface area (Å²) in [6.07, 6.45) is 1.64. The minimum absolute atomic E-state index is 0.0671. The van der Waals surface area contributed by atoms with E-state index in [-0.39, 0.29) is 11.3 Å². The van der Waals surface area contributed by atoms with Gasteiger partial charge in [-0.15, -0.1) is 0 Å². The number of allylic oxidation sites excluding steroid dienone is 1. The van der Waals surface area contributed by atoms with Crippen LogP contribution in [0.3, 0.4) is 0 Å². The number of carboxylic acid groups (broad SMARTS) is 1. The highest BCUT2D eigenvalue weighted by atomic mass is 16.4. The van der Waals surface area contributed by atoms with E-state index in [0.29, 0.717) is 5.82 Å². The Hall–Kier alpha value is -2.17. The van der Waals surface area contributed by atoms with Crippen molar-refractivity contribution in [1.82, 2.24) is 0 Å². The largest absolute Gasteiger partial charge is 0.507 e. The monoisotopic (exact) mass is 210 g/mol. The van der Waals surface area contributed by atoms with E-state index < -0.39 is 5.97 Å². The molecule has 0 heterocycles. The van der Waals surface area contributed by atoms with Crippen molar-refractivity contribution in [1.29, 1.82) is 0 Å². The van der Waals surface area contributed by atoms with Crippen molar-refractivity contribution in [3.05, 3.63) is 41.7 Å². The van der Waals surface area contributed by atoms with Crippen molar-refractivity contribution in [3.8, 4) is 5.75 Å². The maximum Gasteiger partial charge on any atom is 0.339 e. The van der Waals surface area contributed by atoms with Crippen LogP contribution in [0.4, 0.5) is 0 Å². The number of nitrogens with two attached hydrogens (primary N) is 2. The van der Waals surface area contributed by atoms with E-state index in [1.807, 2.05) is 0 Å². The topological polar surface area (TPSA) is 110 Å². The molecule has 0 amide bonds. The van der Waals surface area contributed by atoms with Gasteiger partial charge in [0.2, 0.25) is 0 Å². The average molecular weight is 210 g/mol. The lowest BCUT2D eigenvalue weighted by Crippen LogP contribution is -2.06. The van der Waals surface area contributed by atoms with Crippen LogP contribution >= 0.6 is 0 Å². The van der Waals surface area contributed by atoms with Gasteiger partial charge < -0.3 is 21.7 Å².